The normalized spacial score (nSPS) is 18.9. The van der Waals surface area contributed by atoms with Gasteiger partial charge in [-0.25, -0.2) is 14.4 Å². The highest BCUT2D eigenvalue weighted by atomic mass is 16.6. The van der Waals surface area contributed by atoms with Crippen molar-refractivity contribution in [3.8, 4) is 0 Å². The Kier molecular flexibility index (Phi) is 22.8. The van der Waals surface area contributed by atoms with E-state index in [2.05, 4.69) is 80.3 Å². The number of benzene rings is 3. The summed E-state index contributed by atoms with van der Waals surface area (Å²) in [5, 5.41) is 0. The van der Waals surface area contributed by atoms with Crippen LogP contribution < -0.4 is 0 Å². The smallest absolute Gasteiger partial charge is 0.410 e. The van der Waals surface area contributed by atoms with Crippen LogP contribution in [0.5, 0.6) is 0 Å². The molecule has 0 radical (unpaired) electrons. The number of likely N-dealkylation sites (tertiary alicyclic amines) is 3. The Morgan fingerprint density at radius 1 is 0.364 bits per heavy atom. The number of aryl methyl sites for hydroxylation is 3. The van der Waals surface area contributed by atoms with E-state index in [1.54, 1.807) is 14.7 Å². The van der Waals surface area contributed by atoms with Crippen molar-refractivity contribution >= 4 is 36.2 Å². The average Bonchev–Trinajstić information content (AvgIpc) is 4.00. The van der Waals surface area contributed by atoms with Gasteiger partial charge < -0.3 is 43.1 Å². The Hall–Kier alpha value is -6.16. The quantitative estimate of drug-likeness (QED) is 0.0871. The summed E-state index contributed by atoms with van der Waals surface area (Å²) in [5.41, 5.74) is 5.18. The van der Waals surface area contributed by atoms with Crippen molar-refractivity contribution in [1.82, 2.24) is 19.6 Å². The first-order valence-electron chi connectivity index (χ1n) is 32.0. The van der Waals surface area contributed by atoms with Crippen LogP contribution in [0.2, 0.25) is 0 Å². The van der Waals surface area contributed by atoms with Gasteiger partial charge in [-0.1, -0.05) is 71.3 Å². The van der Waals surface area contributed by atoms with Crippen LogP contribution in [0.25, 0.3) is 0 Å². The van der Waals surface area contributed by atoms with E-state index in [0.717, 1.165) is 50.1 Å². The average molecular weight is 1220 g/mol. The van der Waals surface area contributed by atoms with E-state index in [4.69, 9.17) is 28.4 Å². The Morgan fingerprint density at radius 2 is 0.580 bits per heavy atom. The summed E-state index contributed by atoms with van der Waals surface area (Å²) in [6.07, 6.45) is 2.02. The van der Waals surface area contributed by atoms with Crippen LogP contribution in [0.3, 0.4) is 0 Å². The maximum Gasteiger partial charge on any atom is 0.410 e. The van der Waals surface area contributed by atoms with Crippen molar-refractivity contribution in [1.29, 1.82) is 0 Å². The fourth-order valence-corrected chi connectivity index (χ4v) is 12.5. The summed E-state index contributed by atoms with van der Waals surface area (Å²) >= 11 is 0. The van der Waals surface area contributed by atoms with Crippen molar-refractivity contribution in [3.05, 3.63) is 105 Å². The van der Waals surface area contributed by atoms with Gasteiger partial charge in [-0.15, -0.1) is 0 Å². The molecule has 0 saturated carbocycles. The van der Waals surface area contributed by atoms with Gasteiger partial charge in [-0.2, -0.15) is 0 Å². The van der Waals surface area contributed by atoms with Crippen LogP contribution in [0.4, 0.5) is 14.4 Å². The highest BCUT2D eigenvalue weighted by Gasteiger charge is 2.43. The lowest BCUT2D eigenvalue weighted by atomic mass is 9.85. The van der Waals surface area contributed by atoms with Crippen molar-refractivity contribution in [2.75, 3.05) is 39.3 Å². The molecule has 0 aliphatic carbocycles. The summed E-state index contributed by atoms with van der Waals surface area (Å²) in [7, 11) is 0. The summed E-state index contributed by atoms with van der Waals surface area (Å²) in [4.78, 5) is 90.4. The molecule has 0 unspecified atom stereocenters. The van der Waals surface area contributed by atoms with E-state index < -0.39 is 51.4 Å². The monoisotopic (exact) mass is 1220 g/mol. The molecule has 3 aliphatic heterocycles. The molecule has 0 spiro atoms. The molecule has 6 atom stereocenters. The number of ether oxygens (including phenoxy) is 6. The molecule has 16 nitrogen and oxygen atoms in total. The molecule has 3 aromatic rings. The van der Waals surface area contributed by atoms with Crippen LogP contribution in [-0.2, 0) is 81.7 Å². The fraction of sp³-hybridized carbons (Fsp3) is 0.667. The predicted octanol–water partition coefficient (Wildman–Crippen LogP) is 14.1. The number of amides is 3. The number of hydrogen-bond donors (Lipinski definition) is 0. The maximum absolute atomic E-state index is 14.3. The first kappa shape index (κ1) is 70.9. The first-order chi connectivity index (χ1) is 40.4. The molecule has 88 heavy (non-hydrogen) atoms. The van der Waals surface area contributed by atoms with Gasteiger partial charge >= 0.3 is 36.2 Å². The van der Waals surface area contributed by atoms with Crippen molar-refractivity contribution in [2.45, 2.75) is 237 Å². The van der Waals surface area contributed by atoms with Crippen LogP contribution in [-0.4, -0.2) is 129 Å². The number of hydrogen-bond acceptors (Lipinski definition) is 13. The van der Waals surface area contributed by atoms with Crippen molar-refractivity contribution in [2.24, 2.45) is 35.5 Å². The molecule has 6 rings (SSSR count). The molecule has 0 N–H and O–H groups in total. The summed E-state index contributed by atoms with van der Waals surface area (Å²) in [5.74, 6) is -2.85. The largest absolute Gasteiger partial charge is 0.460 e. The Labute approximate surface area is 527 Å². The van der Waals surface area contributed by atoms with Gasteiger partial charge in [0.25, 0.3) is 0 Å². The molecule has 3 saturated heterocycles. The van der Waals surface area contributed by atoms with E-state index in [1.165, 1.54) is 0 Å². The number of carbonyl (C=O) groups is 6. The summed E-state index contributed by atoms with van der Waals surface area (Å²) in [6, 6.07) is 19.6. The van der Waals surface area contributed by atoms with E-state index in [9.17, 15) is 28.8 Å². The highest BCUT2D eigenvalue weighted by molar-refractivity contribution is 5.76. The van der Waals surface area contributed by atoms with Gasteiger partial charge in [0.2, 0.25) is 0 Å². The second kappa shape index (κ2) is 28.3. The molecule has 3 fully saturated rings. The minimum atomic E-state index is -0.714. The van der Waals surface area contributed by atoms with Gasteiger partial charge in [-0.05, 0) is 235 Å². The minimum absolute atomic E-state index is 0.145. The zero-order valence-electron chi connectivity index (χ0n) is 57.5. The van der Waals surface area contributed by atoms with Gasteiger partial charge in [0.15, 0.2) is 0 Å². The first-order valence-corrected chi connectivity index (χ1v) is 32.0. The topological polar surface area (TPSA) is 171 Å². The molecule has 3 amide bonds. The third kappa shape index (κ3) is 23.0. The van der Waals surface area contributed by atoms with Gasteiger partial charge in [0.1, 0.15) is 33.6 Å². The maximum atomic E-state index is 14.3. The SMILES string of the molecule is Cc1cc(C[C@H](C(=O)OC(C)(C)C)[C@H]2CCN(C(=O)OC(C)(C)C)C2)cc(CN(Cc2cc(C)cc(C[C@H](C(=O)OC(C)(C)C)[C@H]3CCN(C(=O)OC(C)(C)C)C3)c2)Cc2cc(C)cc(C[C@H](C(=O)OC(C)(C)C)[C@H]3CCN(C(=O)OC(C)(C)C)C3)c2)c1. The number of rotatable bonds is 18. The number of esters is 3. The third-order valence-electron chi connectivity index (χ3n) is 15.6. The second-order valence-electron chi connectivity index (χ2n) is 31.6. The molecule has 3 heterocycles. The van der Waals surface area contributed by atoms with Crippen LogP contribution >= 0.6 is 0 Å². The fourth-order valence-electron chi connectivity index (χ4n) is 12.5. The van der Waals surface area contributed by atoms with Gasteiger partial charge in [0, 0.05) is 58.9 Å². The molecule has 3 aromatic carbocycles. The standard InChI is InChI=1S/C72H108N4O12/c1-46-28-49(37-58(61(77)83-67(4,5)6)55-22-25-74(43-55)64(80)86-70(13,14)15)34-52(31-46)40-73(41-53-32-47(2)29-50(35-53)38-59(62(78)84-68(7,8)9)56-23-26-75(44-56)65(81)87-71(16,17)18)42-54-33-48(3)30-51(36-54)39-60(63(79)85-69(10,11)12)57-24-27-76(45-57)66(82)88-72(19,20)21/h28-36,55-60H,22-27,37-45H2,1-21H3/t55-,56-,57-,58-,59-,60-/m0/s1. The lowest BCUT2D eigenvalue weighted by molar-refractivity contribution is -0.163. The summed E-state index contributed by atoms with van der Waals surface area (Å²) < 4.78 is 35.6. The van der Waals surface area contributed by atoms with Crippen LogP contribution in [0.15, 0.2) is 54.6 Å². The molecular formula is C72H108N4O12. The third-order valence-corrected chi connectivity index (χ3v) is 15.6. The van der Waals surface area contributed by atoms with E-state index in [-0.39, 0.29) is 53.9 Å². The summed E-state index contributed by atoms with van der Waals surface area (Å²) in [6.45, 7) is 44.0. The molecule has 488 valence electrons. The molecular weight excluding hydrogens is 1110 g/mol. The van der Waals surface area contributed by atoms with E-state index in [1.807, 2.05) is 125 Å². The lowest BCUT2D eigenvalue weighted by Gasteiger charge is -2.29. The van der Waals surface area contributed by atoms with Crippen molar-refractivity contribution in [3.63, 3.8) is 0 Å². The Balaban J connectivity index is 1.37. The van der Waals surface area contributed by atoms with Crippen molar-refractivity contribution < 1.29 is 57.2 Å². The number of nitrogens with zero attached hydrogens (tertiary/aromatic N) is 4. The van der Waals surface area contributed by atoms with Crippen LogP contribution in [0.1, 0.15) is 194 Å². The van der Waals surface area contributed by atoms with Gasteiger partial charge in [-0.3, -0.25) is 19.3 Å². The predicted molar refractivity (Wildman–Crippen MR) is 343 cm³/mol. The van der Waals surface area contributed by atoms with E-state index in [0.29, 0.717) is 97.4 Å². The zero-order valence-corrected chi connectivity index (χ0v) is 57.5. The minimum Gasteiger partial charge on any atom is -0.460 e. The number of carbonyl (C=O) groups excluding carboxylic acids is 6. The molecule has 0 bridgehead atoms. The zero-order chi connectivity index (χ0) is 65.6. The lowest BCUT2D eigenvalue weighted by Crippen LogP contribution is -2.38. The van der Waals surface area contributed by atoms with Gasteiger partial charge in [0.05, 0.1) is 17.8 Å². The van der Waals surface area contributed by atoms with Crippen LogP contribution in [0, 0.1) is 56.3 Å². The molecule has 3 aliphatic rings. The Bertz CT molecular complexity index is 2630. The second-order valence-corrected chi connectivity index (χ2v) is 31.6. The highest BCUT2D eigenvalue weighted by Crippen LogP contribution is 2.36. The van der Waals surface area contributed by atoms with E-state index >= 15 is 0 Å². The molecule has 16 heteroatoms. The molecule has 0 aromatic heterocycles. The Morgan fingerprint density at radius 3 is 0.795 bits per heavy atom.